The van der Waals surface area contributed by atoms with Gasteiger partial charge in [-0.2, -0.15) is 0 Å². The van der Waals surface area contributed by atoms with Crippen molar-refractivity contribution in [1.29, 1.82) is 0 Å². The molecular formula is C24H20N4O2S. The van der Waals surface area contributed by atoms with Crippen molar-refractivity contribution < 1.29 is 9.21 Å². The van der Waals surface area contributed by atoms with Gasteiger partial charge >= 0.3 is 0 Å². The van der Waals surface area contributed by atoms with Crippen molar-refractivity contribution in [3.05, 3.63) is 84.3 Å². The highest BCUT2D eigenvalue weighted by Crippen LogP contribution is 2.40. The van der Waals surface area contributed by atoms with E-state index < -0.39 is 5.92 Å². The molecule has 1 unspecified atom stereocenters. The highest BCUT2D eigenvalue weighted by molar-refractivity contribution is 7.14. The number of H-pyrrole nitrogens is 1. The zero-order valence-corrected chi connectivity index (χ0v) is 17.4. The van der Waals surface area contributed by atoms with Gasteiger partial charge in [0.15, 0.2) is 0 Å². The van der Waals surface area contributed by atoms with Crippen LogP contribution in [-0.4, -0.2) is 22.4 Å². The van der Waals surface area contributed by atoms with E-state index in [-0.39, 0.29) is 12.5 Å². The normalized spacial score (nSPS) is 12.2. The Balaban J connectivity index is 1.48. The van der Waals surface area contributed by atoms with Gasteiger partial charge in [0, 0.05) is 34.6 Å². The minimum atomic E-state index is -0.398. The minimum Gasteiger partial charge on any atom is -0.472 e. The summed E-state index contributed by atoms with van der Waals surface area (Å²) >= 11 is 1.48. The highest BCUT2D eigenvalue weighted by Gasteiger charge is 2.21. The number of nitrogens with two attached hydrogens (primary N) is 1. The molecule has 0 aliphatic carbocycles. The van der Waals surface area contributed by atoms with Gasteiger partial charge < -0.3 is 20.5 Å². The summed E-state index contributed by atoms with van der Waals surface area (Å²) in [5.41, 5.74) is 11.5. The number of nitrogens with zero attached hydrogens (tertiary/aromatic N) is 1. The van der Waals surface area contributed by atoms with E-state index >= 15 is 0 Å². The van der Waals surface area contributed by atoms with Gasteiger partial charge in [-0.05, 0) is 35.4 Å². The number of furan rings is 1. The van der Waals surface area contributed by atoms with E-state index in [0.29, 0.717) is 0 Å². The lowest BCUT2D eigenvalue weighted by Gasteiger charge is -2.14. The number of aromatic nitrogens is 2. The van der Waals surface area contributed by atoms with Crippen molar-refractivity contribution in [2.45, 2.75) is 5.92 Å². The minimum absolute atomic E-state index is 0.113. The summed E-state index contributed by atoms with van der Waals surface area (Å²) < 4.78 is 5.29. The van der Waals surface area contributed by atoms with Crippen LogP contribution in [0.25, 0.3) is 33.4 Å². The van der Waals surface area contributed by atoms with Crippen molar-refractivity contribution in [2.24, 2.45) is 5.73 Å². The summed E-state index contributed by atoms with van der Waals surface area (Å²) in [5.74, 6) is -0.511. The van der Waals surface area contributed by atoms with Crippen LogP contribution in [0.4, 0.5) is 5.00 Å². The van der Waals surface area contributed by atoms with Crippen molar-refractivity contribution >= 4 is 33.3 Å². The third-order valence-corrected chi connectivity index (χ3v) is 6.11. The second-order valence-corrected chi connectivity index (χ2v) is 8.09. The summed E-state index contributed by atoms with van der Waals surface area (Å²) in [5, 5.41) is 6.85. The molecule has 154 valence electrons. The average molecular weight is 429 g/mol. The molecular weight excluding hydrogens is 408 g/mol. The number of hydrogen-bond acceptors (Lipinski definition) is 5. The fraction of sp³-hybridized carbons (Fsp3) is 0.0833. The molecule has 0 saturated heterocycles. The van der Waals surface area contributed by atoms with Gasteiger partial charge in [0.1, 0.15) is 5.65 Å². The van der Waals surface area contributed by atoms with E-state index in [4.69, 9.17) is 10.2 Å². The molecule has 0 fully saturated rings. The molecule has 0 spiro atoms. The Bertz CT molecular complexity index is 1320. The van der Waals surface area contributed by atoms with E-state index in [0.717, 1.165) is 44.0 Å². The summed E-state index contributed by atoms with van der Waals surface area (Å²) in [7, 11) is 0. The van der Waals surface area contributed by atoms with Crippen LogP contribution >= 0.6 is 11.3 Å². The Kier molecular flexibility index (Phi) is 5.11. The maximum Gasteiger partial charge on any atom is 0.233 e. The second kappa shape index (κ2) is 8.22. The fourth-order valence-electron chi connectivity index (χ4n) is 3.77. The topological polar surface area (TPSA) is 96.9 Å². The number of amides is 1. The zero-order valence-electron chi connectivity index (χ0n) is 16.5. The molecule has 5 rings (SSSR count). The van der Waals surface area contributed by atoms with E-state index in [1.54, 1.807) is 18.7 Å². The van der Waals surface area contributed by atoms with Gasteiger partial charge in [0.25, 0.3) is 0 Å². The highest BCUT2D eigenvalue weighted by atomic mass is 32.1. The van der Waals surface area contributed by atoms with Gasteiger partial charge in [-0.25, -0.2) is 4.98 Å². The molecule has 1 aromatic carbocycles. The molecule has 0 saturated carbocycles. The number of benzene rings is 1. The molecule has 4 N–H and O–H groups in total. The number of anilines is 1. The van der Waals surface area contributed by atoms with E-state index in [1.165, 1.54) is 11.3 Å². The molecule has 0 aliphatic rings. The smallest absolute Gasteiger partial charge is 0.233 e. The summed E-state index contributed by atoms with van der Waals surface area (Å²) in [6.07, 6.45) is 5.11. The predicted octanol–water partition coefficient (Wildman–Crippen LogP) is 5.23. The Hall–Kier alpha value is -3.68. The molecule has 6 nitrogen and oxygen atoms in total. The van der Waals surface area contributed by atoms with Crippen LogP contribution in [0.1, 0.15) is 11.5 Å². The molecule has 4 aromatic heterocycles. The Labute approximate surface area is 182 Å². The van der Waals surface area contributed by atoms with Gasteiger partial charge in [-0.15, -0.1) is 11.3 Å². The van der Waals surface area contributed by atoms with Gasteiger partial charge in [0.05, 0.1) is 29.1 Å². The number of pyridine rings is 1. The number of aromatic amines is 1. The number of carbonyl (C=O) groups is 1. The quantitative estimate of drug-likeness (QED) is 0.345. The van der Waals surface area contributed by atoms with Crippen LogP contribution in [0, 0.1) is 0 Å². The molecule has 1 atom stereocenters. The third-order valence-electron chi connectivity index (χ3n) is 5.27. The Morgan fingerprint density at radius 2 is 2.03 bits per heavy atom. The van der Waals surface area contributed by atoms with Crippen LogP contribution in [-0.2, 0) is 4.79 Å². The fourth-order valence-corrected chi connectivity index (χ4v) is 4.56. The van der Waals surface area contributed by atoms with E-state index in [9.17, 15) is 4.79 Å². The molecule has 5 aromatic rings. The first-order valence-corrected chi connectivity index (χ1v) is 10.8. The zero-order chi connectivity index (χ0) is 21.2. The number of hydrogen-bond donors (Lipinski definition) is 3. The summed E-state index contributed by atoms with van der Waals surface area (Å²) in [6, 6.07) is 17.4. The molecule has 7 heteroatoms. The van der Waals surface area contributed by atoms with Crippen molar-refractivity contribution in [2.75, 3.05) is 11.9 Å². The van der Waals surface area contributed by atoms with Gasteiger partial charge in [0.2, 0.25) is 5.91 Å². The van der Waals surface area contributed by atoms with Crippen molar-refractivity contribution in [3.63, 3.8) is 0 Å². The first kappa shape index (κ1) is 19.3. The molecule has 0 bridgehead atoms. The predicted molar refractivity (Wildman–Crippen MR) is 124 cm³/mol. The maximum atomic E-state index is 12.9. The largest absolute Gasteiger partial charge is 0.472 e. The second-order valence-electron chi connectivity index (χ2n) is 7.17. The molecule has 4 heterocycles. The number of carbonyl (C=O) groups excluding carboxylic acids is 1. The standard InChI is InChI=1S/C24H20N4O2S/c25-12-19(15-5-2-1-3-6-15)24(29)27-20-11-17(14-31-20)21-18-7-4-9-26-23(18)28-22(21)16-8-10-30-13-16/h1-11,13-14,19H,12,25H2,(H,26,28)(H,27,29). The van der Waals surface area contributed by atoms with Crippen LogP contribution in [0.15, 0.2) is 83.1 Å². The molecule has 0 radical (unpaired) electrons. The number of rotatable bonds is 6. The van der Waals surface area contributed by atoms with Crippen molar-refractivity contribution in [1.82, 2.24) is 9.97 Å². The van der Waals surface area contributed by atoms with Crippen LogP contribution < -0.4 is 11.1 Å². The van der Waals surface area contributed by atoms with Crippen molar-refractivity contribution in [3.8, 4) is 22.4 Å². The lowest BCUT2D eigenvalue weighted by molar-refractivity contribution is -0.117. The van der Waals surface area contributed by atoms with E-state index in [1.807, 2.05) is 60.0 Å². The lowest BCUT2D eigenvalue weighted by atomic mass is 9.98. The summed E-state index contributed by atoms with van der Waals surface area (Å²) in [4.78, 5) is 20.7. The number of nitrogens with one attached hydrogen (secondary N) is 2. The first-order valence-electron chi connectivity index (χ1n) is 9.88. The Morgan fingerprint density at radius 1 is 1.16 bits per heavy atom. The van der Waals surface area contributed by atoms with Gasteiger partial charge in [-0.3, -0.25) is 4.79 Å². The number of thiophene rings is 1. The SMILES string of the molecule is NCC(C(=O)Nc1cc(-c2c(-c3ccoc3)[nH]c3ncccc23)cs1)c1ccccc1. The first-order chi connectivity index (χ1) is 15.2. The van der Waals surface area contributed by atoms with Crippen LogP contribution in [0.5, 0.6) is 0 Å². The maximum absolute atomic E-state index is 12.9. The molecule has 31 heavy (non-hydrogen) atoms. The number of fused-ring (bicyclic) bond motifs is 1. The van der Waals surface area contributed by atoms with E-state index in [2.05, 4.69) is 15.3 Å². The lowest BCUT2D eigenvalue weighted by Crippen LogP contribution is -2.27. The molecule has 1 amide bonds. The average Bonchev–Trinajstić information content (AvgIpc) is 3.54. The monoisotopic (exact) mass is 428 g/mol. The molecule has 0 aliphatic heterocycles. The third kappa shape index (κ3) is 3.65. The Morgan fingerprint density at radius 3 is 2.81 bits per heavy atom. The summed E-state index contributed by atoms with van der Waals surface area (Å²) in [6.45, 7) is 0.243. The van der Waals surface area contributed by atoms with Crippen LogP contribution in [0.3, 0.4) is 0 Å². The van der Waals surface area contributed by atoms with Crippen LogP contribution in [0.2, 0.25) is 0 Å². The van der Waals surface area contributed by atoms with Gasteiger partial charge in [-0.1, -0.05) is 30.3 Å².